The molecule has 3 nitrogen and oxygen atoms in total. The van der Waals surface area contributed by atoms with Crippen molar-refractivity contribution >= 4 is 21.8 Å². The van der Waals surface area contributed by atoms with Gasteiger partial charge in [-0.1, -0.05) is 22.9 Å². The molecule has 1 N–H and O–H groups in total. The molecule has 0 aromatic carbocycles. The van der Waals surface area contributed by atoms with E-state index in [2.05, 4.69) is 33.1 Å². The molecule has 1 heterocycles. The van der Waals surface area contributed by atoms with Crippen LogP contribution in [0, 0.1) is 5.92 Å². The number of piperidine rings is 1. The maximum Gasteiger partial charge on any atom is 0.220 e. The summed E-state index contributed by atoms with van der Waals surface area (Å²) in [6.45, 7) is 6.53. The third kappa shape index (κ3) is 7.04. The fraction of sp³-hybridized carbons (Fsp3) is 0.923. The lowest BCUT2D eigenvalue weighted by atomic mass is 9.99. The van der Waals surface area contributed by atoms with E-state index in [-0.39, 0.29) is 5.91 Å². The molecule has 1 saturated heterocycles. The van der Waals surface area contributed by atoms with Gasteiger partial charge in [-0.3, -0.25) is 4.79 Å². The second-order valence-electron chi connectivity index (χ2n) is 5.02. The molecule has 0 saturated carbocycles. The Labute approximate surface area is 113 Å². The van der Waals surface area contributed by atoms with E-state index in [4.69, 9.17) is 0 Å². The first-order valence-electron chi connectivity index (χ1n) is 6.77. The van der Waals surface area contributed by atoms with Crippen LogP contribution >= 0.6 is 15.9 Å². The van der Waals surface area contributed by atoms with Crippen LogP contribution in [0.1, 0.15) is 39.0 Å². The molecule has 1 fully saturated rings. The number of hydrogen-bond donors (Lipinski definition) is 1. The van der Waals surface area contributed by atoms with Gasteiger partial charge in [-0.25, -0.2) is 0 Å². The summed E-state index contributed by atoms with van der Waals surface area (Å²) in [4.78, 5) is 13.9. The van der Waals surface area contributed by atoms with E-state index in [1.54, 1.807) is 0 Å². The van der Waals surface area contributed by atoms with E-state index in [1.807, 2.05) is 0 Å². The minimum absolute atomic E-state index is 0.205. The number of rotatable bonds is 7. The summed E-state index contributed by atoms with van der Waals surface area (Å²) < 4.78 is 0. The van der Waals surface area contributed by atoms with Gasteiger partial charge in [0, 0.05) is 24.8 Å². The van der Waals surface area contributed by atoms with Crippen molar-refractivity contribution in [2.45, 2.75) is 39.0 Å². The maximum atomic E-state index is 11.5. The molecule has 1 rings (SSSR count). The first-order valence-corrected chi connectivity index (χ1v) is 7.89. The predicted molar refractivity (Wildman–Crippen MR) is 75.5 cm³/mol. The van der Waals surface area contributed by atoms with Crippen molar-refractivity contribution in [3.63, 3.8) is 0 Å². The molecule has 0 atom stereocenters. The largest absolute Gasteiger partial charge is 0.355 e. The van der Waals surface area contributed by atoms with Gasteiger partial charge in [-0.05, 0) is 44.7 Å². The number of alkyl halides is 1. The number of nitrogens with zero attached hydrogens (tertiary/aromatic N) is 1. The molecule has 1 aliphatic rings. The normalized spacial score (nSPS) is 18.2. The molecular weight excluding hydrogens is 280 g/mol. The zero-order valence-corrected chi connectivity index (χ0v) is 12.5. The molecular formula is C13H25BrN2O. The van der Waals surface area contributed by atoms with Crippen molar-refractivity contribution in [3.8, 4) is 0 Å². The van der Waals surface area contributed by atoms with Crippen LogP contribution in [0.5, 0.6) is 0 Å². The van der Waals surface area contributed by atoms with Crippen LogP contribution in [-0.4, -0.2) is 42.3 Å². The van der Waals surface area contributed by atoms with Crippen molar-refractivity contribution in [3.05, 3.63) is 0 Å². The number of carbonyl (C=O) groups excluding carboxylic acids is 1. The van der Waals surface area contributed by atoms with E-state index in [0.717, 1.165) is 37.2 Å². The topological polar surface area (TPSA) is 32.3 Å². The third-order valence-electron chi connectivity index (χ3n) is 3.41. The Hall–Kier alpha value is -0.0900. The molecule has 17 heavy (non-hydrogen) atoms. The summed E-state index contributed by atoms with van der Waals surface area (Å²) in [5.41, 5.74) is 0. The lowest BCUT2D eigenvalue weighted by Gasteiger charge is -2.30. The highest BCUT2D eigenvalue weighted by Crippen LogP contribution is 2.15. The van der Waals surface area contributed by atoms with Crippen LogP contribution in [-0.2, 0) is 4.79 Å². The fourth-order valence-electron chi connectivity index (χ4n) is 2.11. The molecule has 0 radical (unpaired) electrons. The highest BCUT2D eigenvalue weighted by molar-refractivity contribution is 9.09. The molecule has 4 heteroatoms. The molecule has 100 valence electrons. The van der Waals surface area contributed by atoms with E-state index in [1.165, 1.54) is 25.9 Å². The average Bonchev–Trinajstić information content (AvgIpc) is 2.32. The van der Waals surface area contributed by atoms with Gasteiger partial charge in [0.1, 0.15) is 0 Å². The Morgan fingerprint density at radius 3 is 2.71 bits per heavy atom. The summed E-state index contributed by atoms with van der Waals surface area (Å²) in [5, 5.41) is 4.00. The molecule has 0 unspecified atom stereocenters. The molecule has 0 aromatic rings. The van der Waals surface area contributed by atoms with Gasteiger partial charge >= 0.3 is 0 Å². The Balaban J connectivity index is 1.97. The number of nitrogens with one attached hydrogen (secondary N) is 1. The molecule has 0 bridgehead atoms. The van der Waals surface area contributed by atoms with Gasteiger partial charge in [0.15, 0.2) is 0 Å². The Kier molecular flexibility index (Phi) is 7.86. The Morgan fingerprint density at radius 2 is 2.06 bits per heavy atom. The van der Waals surface area contributed by atoms with Crippen molar-refractivity contribution < 1.29 is 4.79 Å². The quantitative estimate of drug-likeness (QED) is 0.579. The number of halogens is 1. The van der Waals surface area contributed by atoms with Crippen LogP contribution < -0.4 is 5.32 Å². The van der Waals surface area contributed by atoms with Gasteiger partial charge in [0.05, 0.1) is 0 Å². The highest BCUT2D eigenvalue weighted by Gasteiger charge is 2.14. The lowest BCUT2D eigenvalue weighted by molar-refractivity contribution is -0.121. The summed E-state index contributed by atoms with van der Waals surface area (Å²) in [6.07, 6.45) is 5.34. The highest BCUT2D eigenvalue weighted by atomic mass is 79.9. The zero-order valence-electron chi connectivity index (χ0n) is 10.9. The minimum Gasteiger partial charge on any atom is -0.355 e. The first kappa shape index (κ1) is 15.0. The lowest BCUT2D eigenvalue weighted by Crippen LogP contribution is -2.39. The second kappa shape index (κ2) is 8.92. The van der Waals surface area contributed by atoms with Crippen LogP contribution in [0.2, 0.25) is 0 Å². The molecule has 0 aliphatic carbocycles. The zero-order chi connectivity index (χ0) is 12.5. The van der Waals surface area contributed by atoms with Crippen molar-refractivity contribution in [1.29, 1.82) is 0 Å². The number of likely N-dealkylation sites (tertiary alicyclic amines) is 1. The van der Waals surface area contributed by atoms with Gasteiger partial charge in [0.2, 0.25) is 5.91 Å². The predicted octanol–water partition coefficient (Wildman–Crippen LogP) is 2.40. The third-order valence-corrected chi connectivity index (χ3v) is 3.97. The van der Waals surface area contributed by atoms with Crippen LogP contribution in [0.3, 0.4) is 0 Å². The van der Waals surface area contributed by atoms with Gasteiger partial charge in [0.25, 0.3) is 0 Å². The first-order chi connectivity index (χ1) is 8.22. The number of unbranched alkanes of at least 4 members (excludes halogenated alkanes) is 1. The van der Waals surface area contributed by atoms with E-state index < -0.39 is 0 Å². The van der Waals surface area contributed by atoms with Crippen LogP contribution in [0.25, 0.3) is 0 Å². The summed E-state index contributed by atoms with van der Waals surface area (Å²) >= 11 is 3.37. The summed E-state index contributed by atoms with van der Waals surface area (Å²) in [6, 6.07) is 0. The van der Waals surface area contributed by atoms with Gasteiger partial charge in [-0.2, -0.15) is 0 Å². The number of amides is 1. The standard InChI is InChI=1S/C13H25BrN2O/c1-12-5-9-16(10-6-12)11-8-15-13(17)4-2-3-7-14/h12H,2-11H2,1H3,(H,15,17). The van der Waals surface area contributed by atoms with E-state index >= 15 is 0 Å². The SMILES string of the molecule is CC1CCN(CCNC(=O)CCCCBr)CC1. The van der Waals surface area contributed by atoms with E-state index in [9.17, 15) is 4.79 Å². The van der Waals surface area contributed by atoms with Crippen molar-refractivity contribution in [2.24, 2.45) is 5.92 Å². The molecule has 1 aliphatic heterocycles. The van der Waals surface area contributed by atoms with E-state index in [0.29, 0.717) is 6.42 Å². The minimum atomic E-state index is 0.205. The van der Waals surface area contributed by atoms with Crippen molar-refractivity contribution in [1.82, 2.24) is 10.2 Å². The smallest absolute Gasteiger partial charge is 0.220 e. The van der Waals surface area contributed by atoms with Crippen molar-refractivity contribution in [2.75, 3.05) is 31.5 Å². The second-order valence-corrected chi connectivity index (χ2v) is 5.81. The Bertz CT molecular complexity index is 215. The molecule has 0 aromatic heterocycles. The average molecular weight is 305 g/mol. The van der Waals surface area contributed by atoms with Crippen LogP contribution in [0.4, 0.5) is 0 Å². The summed E-state index contributed by atoms with van der Waals surface area (Å²) in [7, 11) is 0. The number of carbonyl (C=O) groups is 1. The van der Waals surface area contributed by atoms with Gasteiger partial charge < -0.3 is 10.2 Å². The monoisotopic (exact) mass is 304 g/mol. The fourth-order valence-corrected chi connectivity index (χ4v) is 2.50. The Morgan fingerprint density at radius 1 is 1.35 bits per heavy atom. The van der Waals surface area contributed by atoms with Crippen LogP contribution in [0.15, 0.2) is 0 Å². The molecule has 1 amide bonds. The molecule has 0 spiro atoms. The summed E-state index contributed by atoms with van der Waals surface area (Å²) in [5.74, 6) is 1.08. The number of hydrogen-bond acceptors (Lipinski definition) is 2. The maximum absolute atomic E-state index is 11.5. The van der Waals surface area contributed by atoms with Gasteiger partial charge in [-0.15, -0.1) is 0 Å².